The number of benzene rings is 1. The van der Waals surface area contributed by atoms with Gasteiger partial charge in [-0.3, -0.25) is 9.56 Å². The molecule has 3 rings (SSSR count). The second kappa shape index (κ2) is 4.68. The second-order valence-corrected chi connectivity index (χ2v) is 4.80. The normalized spacial score (nSPS) is 15.0. The number of aromatic amines is 1. The topological polar surface area (TPSA) is 70.4 Å². The van der Waals surface area contributed by atoms with E-state index >= 15 is 0 Å². The smallest absolute Gasteiger partial charge is 0.328 e. The van der Waals surface area contributed by atoms with Crippen LogP contribution >= 0.6 is 11.6 Å². The molecule has 1 aromatic heterocycles. The van der Waals surface area contributed by atoms with Gasteiger partial charge >= 0.3 is 5.69 Å². The van der Waals surface area contributed by atoms with E-state index in [4.69, 9.17) is 11.6 Å². The van der Waals surface area contributed by atoms with Gasteiger partial charge < -0.3 is 10.1 Å². The third-order valence-electron chi connectivity index (χ3n) is 3.31. The molecule has 0 radical (unpaired) electrons. The van der Waals surface area contributed by atoms with Crippen LogP contribution in [0.4, 0.5) is 5.69 Å². The molecule has 0 unspecified atom stereocenters. The molecule has 1 aromatic carbocycles. The Balaban J connectivity index is 2.12. The van der Waals surface area contributed by atoms with Crippen molar-refractivity contribution in [2.75, 3.05) is 0 Å². The van der Waals surface area contributed by atoms with Gasteiger partial charge in [0.2, 0.25) is 5.88 Å². The number of aromatic hydroxyl groups is 1. The number of alkyl halides is 1. The van der Waals surface area contributed by atoms with E-state index in [0.29, 0.717) is 11.6 Å². The Bertz CT molecular complexity index is 799. The number of allylic oxidation sites excluding steroid dienone is 1. The van der Waals surface area contributed by atoms with Crippen LogP contribution < -0.4 is 5.69 Å². The van der Waals surface area contributed by atoms with E-state index in [1.165, 1.54) is 7.05 Å². The van der Waals surface area contributed by atoms with Gasteiger partial charge in [0, 0.05) is 30.3 Å². The lowest BCUT2D eigenvalue weighted by Gasteiger charge is -2.03. The van der Waals surface area contributed by atoms with Crippen LogP contribution in [0.15, 0.2) is 28.0 Å². The van der Waals surface area contributed by atoms with Crippen molar-refractivity contribution in [2.45, 2.75) is 5.88 Å². The predicted molar refractivity (Wildman–Crippen MR) is 79.7 cm³/mol. The molecule has 2 N–H and O–H groups in total. The lowest BCUT2D eigenvalue weighted by atomic mass is 10.0. The SMILES string of the molecule is Cn1c(O)c(/C=C2\C=Nc3c(CCl)cccc32)[nH]c1=O. The first kappa shape index (κ1) is 12.7. The van der Waals surface area contributed by atoms with Crippen molar-refractivity contribution in [2.24, 2.45) is 12.0 Å². The molecule has 0 saturated carbocycles. The molecule has 6 heteroatoms. The molecule has 0 aliphatic carbocycles. The summed E-state index contributed by atoms with van der Waals surface area (Å²) in [5.41, 5.74) is 3.56. The summed E-state index contributed by atoms with van der Waals surface area (Å²) in [6, 6.07) is 5.77. The van der Waals surface area contributed by atoms with Gasteiger partial charge in [0.05, 0.1) is 5.69 Å². The van der Waals surface area contributed by atoms with Crippen LogP contribution in [0.1, 0.15) is 16.8 Å². The molecule has 5 nitrogen and oxygen atoms in total. The van der Waals surface area contributed by atoms with Gasteiger partial charge in [0.15, 0.2) is 0 Å². The van der Waals surface area contributed by atoms with E-state index in [1.54, 1.807) is 12.3 Å². The van der Waals surface area contributed by atoms with E-state index < -0.39 is 0 Å². The summed E-state index contributed by atoms with van der Waals surface area (Å²) in [4.78, 5) is 18.4. The van der Waals surface area contributed by atoms with Crippen molar-refractivity contribution in [3.63, 3.8) is 0 Å². The minimum atomic E-state index is -0.362. The number of nitrogens with one attached hydrogen (secondary N) is 1. The summed E-state index contributed by atoms with van der Waals surface area (Å²) in [5, 5.41) is 9.85. The lowest BCUT2D eigenvalue weighted by Crippen LogP contribution is -2.11. The van der Waals surface area contributed by atoms with Crippen molar-refractivity contribution >= 4 is 35.2 Å². The summed E-state index contributed by atoms with van der Waals surface area (Å²) in [6.45, 7) is 0. The zero-order chi connectivity index (χ0) is 14.3. The quantitative estimate of drug-likeness (QED) is 0.834. The van der Waals surface area contributed by atoms with E-state index in [9.17, 15) is 9.90 Å². The van der Waals surface area contributed by atoms with Crippen molar-refractivity contribution in [1.82, 2.24) is 9.55 Å². The number of H-pyrrole nitrogens is 1. The highest BCUT2D eigenvalue weighted by Crippen LogP contribution is 2.36. The van der Waals surface area contributed by atoms with Crippen LogP contribution in [0.25, 0.3) is 11.6 Å². The molecular formula is C14H12ClN3O2. The molecule has 1 aliphatic rings. The maximum Gasteiger partial charge on any atom is 0.328 e. The Morgan fingerprint density at radius 2 is 2.30 bits per heavy atom. The number of nitrogens with zero attached hydrogens (tertiary/aromatic N) is 2. The Kier molecular flexibility index (Phi) is 2.99. The Morgan fingerprint density at radius 1 is 1.50 bits per heavy atom. The molecule has 0 saturated heterocycles. The maximum atomic E-state index is 11.4. The summed E-state index contributed by atoms with van der Waals surface area (Å²) in [6.07, 6.45) is 3.40. The molecule has 1 aliphatic heterocycles. The average molecular weight is 290 g/mol. The van der Waals surface area contributed by atoms with Crippen LogP contribution in [0.2, 0.25) is 0 Å². The van der Waals surface area contributed by atoms with E-state index in [-0.39, 0.29) is 11.6 Å². The third kappa shape index (κ3) is 1.87. The van der Waals surface area contributed by atoms with Crippen molar-refractivity contribution in [3.8, 4) is 5.88 Å². The summed E-state index contributed by atoms with van der Waals surface area (Å²) in [5.74, 6) is 0.291. The van der Waals surface area contributed by atoms with Gasteiger partial charge in [-0.15, -0.1) is 11.6 Å². The Morgan fingerprint density at radius 3 is 2.95 bits per heavy atom. The van der Waals surface area contributed by atoms with Crippen LogP contribution in [0, 0.1) is 0 Å². The Hall–Kier alpha value is -2.27. The van der Waals surface area contributed by atoms with E-state index in [1.807, 2.05) is 18.2 Å². The first-order chi connectivity index (χ1) is 9.61. The highest BCUT2D eigenvalue weighted by atomic mass is 35.5. The summed E-state index contributed by atoms with van der Waals surface area (Å²) < 4.78 is 1.15. The number of rotatable bonds is 2. The third-order valence-corrected chi connectivity index (χ3v) is 3.60. The number of aliphatic imine (C=N–C) groups is 1. The van der Waals surface area contributed by atoms with Crippen molar-refractivity contribution in [1.29, 1.82) is 0 Å². The van der Waals surface area contributed by atoms with Gasteiger partial charge in [-0.25, -0.2) is 4.79 Å². The van der Waals surface area contributed by atoms with Gasteiger partial charge in [-0.1, -0.05) is 18.2 Å². The molecule has 0 amide bonds. The fourth-order valence-corrected chi connectivity index (χ4v) is 2.41. The number of hydrogen-bond acceptors (Lipinski definition) is 3. The average Bonchev–Trinajstić information content (AvgIpc) is 2.97. The molecule has 2 aromatic rings. The second-order valence-electron chi connectivity index (χ2n) is 4.53. The fourth-order valence-electron chi connectivity index (χ4n) is 2.19. The molecule has 20 heavy (non-hydrogen) atoms. The maximum absolute atomic E-state index is 11.4. The minimum absolute atomic E-state index is 0.0992. The van der Waals surface area contributed by atoms with Gasteiger partial charge in [-0.2, -0.15) is 0 Å². The number of imidazole rings is 1. The lowest BCUT2D eigenvalue weighted by molar-refractivity contribution is 0.428. The molecule has 0 spiro atoms. The number of halogens is 1. The number of fused-ring (bicyclic) bond motifs is 1. The molecule has 0 fully saturated rings. The standard InChI is InChI=1S/C14H12ClN3O2/c1-18-13(19)11(17-14(18)20)5-9-7-16-12-8(6-15)3-2-4-10(9)12/h2-5,7,19H,6H2,1H3,(H,17,20)/b9-5+. The number of aromatic nitrogens is 2. The molecule has 2 heterocycles. The zero-order valence-electron chi connectivity index (χ0n) is 10.7. The zero-order valence-corrected chi connectivity index (χ0v) is 11.5. The van der Waals surface area contributed by atoms with Crippen LogP contribution in [0.3, 0.4) is 0 Å². The highest BCUT2D eigenvalue weighted by molar-refractivity contribution is 6.22. The van der Waals surface area contributed by atoms with Gasteiger partial charge in [-0.05, 0) is 11.6 Å². The van der Waals surface area contributed by atoms with E-state index in [2.05, 4.69) is 9.98 Å². The van der Waals surface area contributed by atoms with Gasteiger partial charge in [0.1, 0.15) is 5.69 Å². The number of para-hydroxylation sites is 1. The summed E-state index contributed by atoms with van der Waals surface area (Å²) in [7, 11) is 1.50. The molecule has 0 atom stereocenters. The van der Waals surface area contributed by atoms with Crippen LogP contribution in [-0.2, 0) is 12.9 Å². The largest absolute Gasteiger partial charge is 0.493 e. The molecule has 102 valence electrons. The van der Waals surface area contributed by atoms with Crippen molar-refractivity contribution in [3.05, 3.63) is 45.5 Å². The van der Waals surface area contributed by atoms with Crippen molar-refractivity contribution < 1.29 is 5.11 Å². The molecular weight excluding hydrogens is 278 g/mol. The molecule has 0 bridgehead atoms. The highest BCUT2D eigenvalue weighted by Gasteiger charge is 2.16. The van der Waals surface area contributed by atoms with Crippen LogP contribution in [0.5, 0.6) is 5.88 Å². The van der Waals surface area contributed by atoms with Crippen LogP contribution in [-0.4, -0.2) is 20.9 Å². The summed E-state index contributed by atoms with van der Waals surface area (Å²) >= 11 is 5.88. The van der Waals surface area contributed by atoms with Gasteiger partial charge in [0.25, 0.3) is 0 Å². The number of hydrogen-bond donors (Lipinski definition) is 2. The fraction of sp³-hybridized carbons (Fsp3) is 0.143. The first-order valence-electron chi connectivity index (χ1n) is 6.03. The minimum Gasteiger partial charge on any atom is -0.493 e. The monoisotopic (exact) mass is 289 g/mol. The van der Waals surface area contributed by atoms with E-state index in [0.717, 1.165) is 27.0 Å². The Labute approximate surface area is 119 Å². The first-order valence-corrected chi connectivity index (χ1v) is 6.57. The predicted octanol–water partition coefficient (Wildman–Crippen LogP) is 2.41.